The second kappa shape index (κ2) is 2.81. The minimum atomic E-state index is -0.506. The Morgan fingerprint density at radius 2 is 1.77 bits per heavy atom. The third-order valence-electron chi connectivity index (χ3n) is 3.93. The average Bonchev–Trinajstić information content (AvgIpc) is 2.41. The van der Waals surface area contributed by atoms with Gasteiger partial charge in [-0.2, -0.15) is 0 Å². The van der Waals surface area contributed by atoms with E-state index in [-0.39, 0.29) is 5.41 Å². The van der Waals surface area contributed by atoms with Gasteiger partial charge in [0.05, 0.1) is 5.60 Å². The molecule has 0 aromatic heterocycles. The first-order chi connectivity index (χ1) is 6.04. The molecule has 0 aliphatic heterocycles. The summed E-state index contributed by atoms with van der Waals surface area (Å²) in [4.78, 5) is 11.7. The molecule has 0 aromatic carbocycles. The van der Waals surface area contributed by atoms with Gasteiger partial charge in [0.15, 0.2) is 0 Å². The van der Waals surface area contributed by atoms with Crippen LogP contribution in [0.25, 0.3) is 0 Å². The number of ketones is 1. The third kappa shape index (κ3) is 1.52. The molecule has 2 fully saturated rings. The lowest BCUT2D eigenvalue weighted by Crippen LogP contribution is -2.38. The predicted octanol–water partition coefficient (Wildman–Crippen LogP) is 2.05. The van der Waals surface area contributed by atoms with Crippen molar-refractivity contribution in [3.63, 3.8) is 0 Å². The van der Waals surface area contributed by atoms with Gasteiger partial charge < -0.3 is 5.11 Å². The van der Waals surface area contributed by atoms with Gasteiger partial charge in [0, 0.05) is 11.8 Å². The van der Waals surface area contributed by atoms with Gasteiger partial charge in [-0.15, -0.1) is 0 Å². The summed E-state index contributed by atoms with van der Waals surface area (Å²) in [6.45, 7) is 1.89. The van der Waals surface area contributed by atoms with Crippen LogP contribution < -0.4 is 0 Å². The van der Waals surface area contributed by atoms with Crippen molar-refractivity contribution >= 4 is 5.78 Å². The van der Waals surface area contributed by atoms with Crippen molar-refractivity contribution in [1.82, 2.24) is 0 Å². The quantitative estimate of drug-likeness (QED) is 0.622. The number of carbonyl (C=O) groups excluding carboxylic acids is 1. The first-order valence-corrected chi connectivity index (χ1v) is 5.30. The van der Waals surface area contributed by atoms with Crippen molar-refractivity contribution < 1.29 is 9.90 Å². The lowest BCUT2D eigenvalue weighted by molar-refractivity contribution is -0.130. The highest BCUT2D eigenvalue weighted by molar-refractivity contribution is 5.86. The Hall–Kier alpha value is -0.370. The molecule has 0 heterocycles. The zero-order valence-electron chi connectivity index (χ0n) is 8.31. The van der Waals surface area contributed by atoms with Crippen LogP contribution in [0.4, 0.5) is 0 Å². The Labute approximate surface area is 79.3 Å². The summed E-state index contributed by atoms with van der Waals surface area (Å²) in [7, 11) is 0. The van der Waals surface area contributed by atoms with E-state index < -0.39 is 5.60 Å². The van der Waals surface area contributed by atoms with E-state index in [4.69, 9.17) is 0 Å². The standard InChI is InChI=1S/C11H18O2/c1-10(13)5-7-11(8-6-10)4-2-3-9(11)12/h13H,2-8H2,1H3. The maximum Gasteiger partial charge on any atom is 0.139 e. The molecule has 0 atom stereocenters. The van der Waals surface area contributed by atoms with Crippen molar-refractivity contribution in [2.24, 2.45) is 5.41 Å². The molecule has 2 saturated carbocycles. The molecule has 0 unspecified atom stereocenters. The summed E-state index contributed by atoms with van der Waals surface area (Å²) < 4.78 is 0. The average molecular weight is 182 g/mol. The van der Waals surface area contributed by atoms with Gasteiger partial charge in [0.1, 0.15) is 5.78 Å². The van der Waals surface area contributed by atoms with Crippen LogP contribution >= 0.6 is 0 Å². The number of hydrogen-bond acceptors (Lipinski definition) is 2. The molecule has 1 N–H and O–H groups in total. The SMILES string of the molecule is CC1(O)CCC2(CCCC2=O)CC1. The van der Waals surface area contributed by atoms with Crippen LogP contribution in [0.5, 0.6) is 0 Å². The van der Waals surface area contributed by atoms with E-state index >= 15 is 0 Å². The van der Waals surface area contributed by atoms with Crippen LogP contribution in [0.3, 0.4) is 0 Å². The Morgan fingerprint density at radius 1 is 1.15 bits per heavy atom. The van der Waals surface area contributed by atoms with Crippen LogP contribution in [0, 0.1) is 5.41 Å². The number of aliphatic hydroxyl groups is 1. The minimum Gasteiger partial charge on any atom is -0.390 e. The van der Waals surface area contributed by atoms with Gasteiger partial charge in [-0.25, -0.2) is 0 Å². The van der Waals surface area contributed by atoms with Crippen molar-refractivity contribution in [1.29, 1.82) is 0 Å². The summed E-state index contributed by atoms with van der Waals surface area (Å²) in [5.74, 6) is 0.461. The highest BCUT2D eigenvalue weighted by Gasteiger charge is 2.46. The normalized spacial score (nSPS) is 45.8. The molecule has 2 rings (SSSR count). The van der Waals surface area contributed by atoms with Crippen LogP contribution in [0.2, 0.25) is 0 Å². The molecular formula is C11H18O2. The Bertz CT molecular complexity index is 220. The van der Waals surface area contributed by atoms with Gasteiger partial charge in [-0.05, 0) is 45.4 Å². The van der Waals surface area contributed by atoms with Crippen molar-refractivity contribution in [3.8, 4) is 0 Å². The monoisotopic (exact) mass is 182 g/mol. The van der Waals surface area contributed by atoms with E-state index in [0.29, 0.717) is 5.78 Å². The van der Waals surface area contributed by atoms with Gasteiger partial charge in [-0.1, -0.05) is 0 Å². The lowest BCUT2D eigenvalue weighted by atomic mass is 9.68. The van der Waals surface area contributed by atoms with Crippen LogP contribution in [-0.2, 0) is 4.79 Å². The zero-order valence-corrected chi connectivity index (χ0v) is 8.31. The molecule has 2 heteroatoms. The highest BCUT2D eigenvalue weighted by Crippen LogP contribution is 2.48. The van der Waals surface area contributed by atoms with E-state index in [1.165, 1.54) is 0 Å². The maximum absolute atomic E-state index is 11.7. The first-order valence-electron chi connectivity index (χ1n) is 5.30. The molecule has 0 amide bonds. The molecular weight excluding hydrogens is 164 g/mol. The van der Waals surface area contributed by atoms with E-state index in [1.54, 1.807) is 0 Å². The van der Waals surface area contributed by atoms with E-state index in [9.17, 15) is 9.90 Å². The molecule has 0 radical (unpaired) electrons. The molecule has 2 aliphatic carbocycles. The first kappa shape index (κ1) is 9.20. The highest BCUT2D eigenvalue weighted by atomic mass is 16.3. The third-order valence-corrected chi connectivity index (χ3v) is 3.93. The second-order valence-corrected chi connectivity index (χ2v) is 5.05. The molecule has 0 saturated heterocycles. The maximum atomic E-state index is 11.7. The van der Waals surface area contributed by atoms with Crippen LogP contribution in [-0.4, -0.2) is 16.5 Å². The fourth-order valence-electron chi connectivity index (χ4n) is 2.79. The lowest BCUT2D eigenvalue weighted by Gasteiger charge is -2.39. The Morgan fingerprint density at radius 3 is 2.23 bits per heavy atom. The van der Waals surface area contributed by atoms with E-state index in [2.05, 4.69) is 0 Å². The van der Waals surface area contributed by atoms with E-state index in [1.807, 2.05) is 6.92 Å². The largest absolute Gasteiger partial charge is 0.390 e. The van der Waals surface area contributed by atoms with Gasteiger partial charge in [0.2, 0.25) is 0 Å². The summed E-state index contributed by atoms with van der Waals surface area (Å²) in [6.07, 6.45) is 6.36. The summed E-state index contributed by atoms with van der Waals surface area (Å²) in [5, 5.41) is 9.79. The molecule has 0 bridgehead atoms. The number of carbonyl (C=O) groups is 1. The number of hydrogen-bond donors (Lipinski definition) is 1. The van der Waals surface area contributed by atoms with Gasteiger partial charge in [0.25, 0.3) is 0 Å². The molecule has 13 heavy (non-hydrogen) atoms. The van der Waals surface area contributed by atoms with Crippen LogP contribution in [0.15, 0.2) is 0 Å². The van der Waals surface area contributed by atoms with Crippen LogP contribution in [0.1, 0.15) is 51.9 Å². The van der Waals surface area contributed by atoms with Gasteiger partial charge >= 0.3 is 0 Å². The minimum absolute atomic E-state index is 0.0117. The van der Waals surface area contributed by atoms with Crippen molar-refractivity contribution in [2.75, 3.05) is 0 Å². The summed E-state index contributed by atoms with van der Waals surface area (Å²) in [6, 6.07) is 0. The smallest absolute Gasteiger partial charge is 0.139 e. The molecule has 1 spiro atoms. The molecule has 2 nitrogen and oxygen atoms in total. The fourth-order valence-corrected chi connectivity index (χ4v) is 2.79. The van der Waals surface area contributed by atoms with Crippen molar-refractivity contribution in [3.05, 3.63) is 0 Å². The van der Waals surface area contributed by atoms with E-state index in [0.717, 1.165) is 44.9 Å². The fraction of sp³-hybridized carbons (Fsp3) is 0.909. The Balaban J connectivity index is 2.08. The number of Topliss-reactive ketones (excluding diaryl/α,β-unsaturated/α-hetero) is 1. The summed E-state index contributed by atoms with van der Waals surface area (Å²) in [5.41, 5.74) is -0.517. The summed E-state index contributed by atoms with van der Waals surface area (Å²) >= 11 is 0. The molecule has 0 aromatic rings. The Kier molecular flexibility index (Phi) is 1.99. The predicted molar refractivity (Wildman–Crippen MR) is 50.4 cm³/mol. The van der Waals surface area contributed by atoms with Gasteiger partial charge in [-0.3, -0.25) is 4.79 Å². The number of rotatable bonds is 0. The second-order valence-electron chi connectivity index (χ2n) is 5.05. The van der Waals surface area contributed by atoms with Crippen molar-refractivity contribution in [2.45, 2.75) is 57.5 Å². The molecule has 74 valence electrons. The molecule has 2 aliphatic rings. The topological polar surface area (TPSA) is 37.3 Å². The zero-order chi connectivity index (χ0) is 9.53.